The molecule has 0 aliphatic carbocycles. The monoisotopic (exact) mass is 319 g/mol. The van der Waals surface area contributed by atoms with Crippen LogP contribution in [0.1, 0.15) is 16.1 Å². The number of hydrogen-bond acceptors (Lipinski definition) is 4. The van der Waals surface area contributed by atoms with E-state index >= 15 is 0 Å². The number of methoxy groups -OCH3 is 2. The van der Waals surface area contributed by atoms with Crippen molar-refractivity contribution in [3.05, 3.63) is 29.5 Å². The predicted molar refractivity (Wildman–Crippen MR) is 86.8 cm³/mol. The number of aromatic nitrogens is 1. The number of rotatable bonds is 7. The lowest BCUT2D eigenvalue weighted by molar-refractivity contribution is -0.124. The zero-order valence-electron chi connectivity index (χ0n) is 13.5. The number of H-pyrrole nitrogens is 1. The molecule has 0 saturated carbocycles. The third kappa shape index (κ3) is 3.81. The Morgan fingerprint density at radius 1 is 1.26 bits per heavy atom. The molecule has 0 radical (unpaired) electrons. The summed E-state index contributed by atoms with van der Waals surface area (Å²) < 4.78 is 10.0. The first kappa shape index (κ1) is 16.8. The van der Waals surface area contributed by atoms with E-state index in [-0.39, 0.29) is 18.4 Å². The van der Waals surface area contributed by atoms with Gasteiger partial charge >= 0.3 is 0 Å². The summed E-state index contributed by atoms with van der Waals surface area (Å²) in [5.41, 5.74) is 2.19. The highest BCUT2D eigenvalue weighted by Gasteiger charge is 2.17. The Morgan fingerprint density at radius 2 is 2.04 bits per heavy atom. The van der Waals surface area contributed by atoms with Crippen LogP contribution in [0.3, 0.4) is 0 Å². The number of fused-ring (bicyclic) bond motifs is 1. The quantitative estimate of drug-likeness (QED) is 0.705. The van der Waals surface area contributed by atoms with Gasteiger partial charge in [0.05, 0.1) is 7.11 Å². The van der Waals surface area contributed by atoms with Gasteiger partial charge in [-0.2, -0.15) is 0 Å². The van der Waals surface area contributed by atoms with E-state index in [2.05, 4.69) is 15.6 Å². The van der Waals surface area contributed by atoms with Crippen molar-refractivity contribution < 1.29 is 19.1 Å². The van der Waals surface area contributed by atoms with E-state index in [1.54, 1.807) is 14.2 Å². The van der Waals surface area contributed by atoms with Crippen LogP contribution in [0.2, 0.25) is 0 Å². The van der Waals surface area contributed by atoms with Gasteiger partial charge in [0.1, 0.15) is 18.1 Å². The molecule has 3 N–H and O–H groups in total. The van der Waals surface area contributed by atoms with Crippen LogP contribution in [0.15, 0.2) is 18.2 Å². The lowest BCUT2D eigenvalue weighted by atomic mass is 10.1. The molecular formula is C16H21N3O4. The van der Waals surface area contributed by atoms with E-state index in [1.807, 2.05) is 18.2 Å². The first-order chi connectivity index (χ1) is 11.1. The van der Waals surface area contributed by atoms with Crippen molar-refractivity contribution in [3.8, 4) is 5.75 Å². The standard InChI is InChI=1S/C16H21N3O4/c1-17-16(21)15-11(6-7-18-14(20)9-22-2)12-8-10(23-3)4-5-13(12)19-15/h4-5,8,19H,6-7,9H2,1-3H3,(H,17,21)(H,18,20). The molecule has 2 aromatic rings. The van der Waals surface area contributed by atoms with Crippen LogP contribution >= 0.6 is 0 Å². The molecule has 0 aliphatic rings. The van der Waals surface area contributed by atoms with Crippen molar-refractivity contribution in [1.29, 1.82) is 0 Å². The number of carbonyl (C=O) groups is 2. The average molecular weight is 319 g/mol. The summed E-state index contributed by atoms with van der Waals surface area (Å²) >= 11 is 0. The van der Waals surface area contributed by atoms with Crippen LogP contribution in [-0.4, -0.2) is 51.2 Å². The number of benzene rings is 1. The maximum atomic E-state index is 12.1. The Labute approximate surface area is 134 Å². The fourth-order valence-electron chi connectivity index (χ4n) is 2.44. The second-order valence-electron chi connectivity index (χ2n) is 5.00. The molecule has 7 nitrogen and oxygen atoms in total. The van der Waals surface area contributed by atoms with Gasteiger partial charge in [0.2, 0.25) is 5.91 Å². The van der Waals surface area contributed by atoms with Crippen molar-refractivity contribution in [1.82, 2.24) is 15.6 Å². The first-order valence-electron chi connectivity index (χ1n) is 7.27. The highest BCUT2D eigenvalue weighted by atomic mass is 16.5. The Morgan fingerprint density at radius 3 is 2.70 bits per heavy atom. The van der Waals surface area contributed by atoms with Gasteiger partial charge < -0.3 is 25.1 Å². The fraction of sp³-hybridized carbons (Fsp3) is 0.375. The normalized spacial score (nSPS) is 10.6. The first-order valence-corrected chi connectivity index (χ1v) is 7.27. The van der Waals surface area contributed by atoms with Gasteiger partial charge in [-0.15, -0.1) is 0 Å². The maximum absolute atomic E-state index is 12.1. The van der Waals surface area contributed by atoms with Crippen molar-refractivity contribution in [3.63, 3.8) is 0 Å². The molecule has 7 heteroatoms. The van der Waals surface area contributed by atoms with Crippen molar-refractivity contribution >= 4 is 22.7 Å². The number of ether oxygens (including phenoxy) is 2. The van der Waals surface area contributed by atoms with Crippen LogP contribution in [0.5, 0.6) is 5.75 Å². The molecule has 0 bridgehead atoms. The molecule has 2 rings (SSSR count). The highest BCUT2D eigenvalue weighted by Crippen LogP contribution is 2.27. The molecule has 0 unspecified atom stereocenters. The third-order valence-corrected chi connectivity index (χ3v) is 3.54. The summed E-state index contributed by atoms with van der Waals surface area (Å²) in [6.45, 7) is 0.431. The SMILES string of the molecule is CNC(=O)c1[nH]c2ccc(OC)cc2c1CCNC(=O)COC. The third-order valence-electron chi connectivity index (χ3n) is 3.54. The molecule has 0 fully saturated rings. The summed E-state index contributed by atoms with van der Waals surface area (Å²) in [5, 5.41) is 6.29. The van der Waals surface area contributed by atoms with Crippen LogP contribution in [0.4, 0.5) is 0 Å². The largest absolute Gasteiger partial charge is 0.497 e. The molecule has 1 aromatic heterocycles. The smallest absolute Gasteiger partial charge is 0.267 e. The lowest BCUT2D eigenvalue weighted by Gasteiger charge is -2.07. The van der Waals surface area contributed by atoms with E-state index in [0.717, 1.165) is 16.5 Å². The summed E-state index contributed by atoms with van der Waals surface area (Å²) in [5.74, 6) is 0.328. The maximum Gasteiger partial charge on any atom is 0.267 e. The Balaban J connectivity index is 2.29. The summed E-state index contributed by atoms with van der Waals surface area (Å²) in [6.07, 6.45) is 0.519. The van der Waals surface area contributed by atoms with Gasteiger partial charge in [-0.25, -0.2) is 0 Å². The topological polar surface area (TPSA) is 92.5 Å². The van der Waals surface area contributed by atoms with E-state index in [1.165, 1.54) is 7.11 Å². The number of nitrogens with one attached hydrogen (secondary N) is 3. The second kappa shape index (κ2) is 7.64. The van der Waals surface area contributed by atoms with Crippen LogP contribution < -0.4 is 15.4 Å². The molecule has 0 aliphatic heterocycles. The minimum absolute atomic E-state index is 0.0179. The van der Waals surface area contributed by atoms with Gasteiger partial charge in [-0.3, -0.25) is 9.59 Å². The zero-order valence-corrected chi connectivity index (χ0v) is 13.5. The molecule has 23 heavy (non-hydrogen) atoms. The van der Waals surface area contributed by atoms with E-state index in [9.17, 15) is 9.59 Å². The van der Waals surface area contributed by atoms with Crippen LogP contribution in [0.25, 0.3) is 10.9 Å². The Kier molecular flexibility index (Phi) is 5.59. The fourth-order valence-corrected chi connectivity index (χ4v) is 2.44. The minimum atomic E-state index is -0.196. The van der Waals surface area contributed by atoms with Gasteiger partial charge in [-0.1, -0.05) is 0 Å². The molecule has 0 saturated heterocycles. The average Bonchev–Trinajstić information content (AvgIpc) is 2.92. The number of carbonyl (C=O) groups excluding carboxylic acids is 2. The molecule has 0 atom stereocenters. The minimum Gasteiger partial charge on any atom is -0.497 e. The zero-order chi connectivity index (χ0) is 16.8. The van der Waals surface area contributed by atoms with Gasteiger partial charge in [0, 0.05) is 31.6 Å². The van der Waals surface area contributed by atoms with E-state index in [0.29, 0.717) is 24.4 Å². The lowest BCUT2D eigenvalue weighted by Crippen LogP contribution is -2.29. The molecule has 1 aromatic carbocycles. The van der Waals surface area contributed by atoms with Crippen LogP contribution in [0, 0.1) is 0 Å². The highest BCUT2D eigenvalue weighted by molar-refractivity contribution is 6.01. The number of hydrogen-bond donors (Lipinski definition) is 3. The summed E-state index contributed by atoms with van der Waals surface area (Å²) in [7, 11) is 4.64. The molecule has 124 valence electrons. The van der Waals surface area contributed by atoms with Crippen molar-refractivity contribution in [2.45, 2.75) is 6.42 Å². The number of amides is 2. The molecular weight excluding hydrogens is 298 g/mol. The van der Waals surface area contributed by atoms with Crippen LogP contribution in [-0.2, 0) is 16.0 Å². The van der Waals surface area contributed by atoms with Crippen molar-refractivity contribution in [2.75, 3.05) is 34.4 Å². The Bertz CT molecular complexity index is 709. The molecule has 2 amide bonds. The van der Waals surface area contributed by atoms with E-state index < -0.39 is 0 Å². The predicted octanol–water partition coefficient (Wildman–Crippen LogP) is 0.841. The van der Waals surface area contributed by atoms with Gasteiger partial charge in [0.15, 0.2) is 0 Å². The number of aromatic amines is 1. The summed E-state index contributed by atoms with van der Waals surface area (Å²) in [4.78, 5) is 26.7. The Hall–Kier alpha value is -2.54. The molecule has 1 heterocycles. The summed E-state index contributed by atoms with van der Waals surface area (Å²) in [6, 6.07) is 5.58. The van der Waals surface area contributed by atoms with Gasteiger partial charge in [-0.05, 0) is 30.2 Å². The van der Waals surface area contributed by atoms with Crippen molar-refractivity contribution in [2.24, 2.45) is 0 Å². The molecule has 0 spiro atoms. The van der Waals surface area contributed by atoms with E-state index in [4.69, 9.17) is 9.47 Å². The van der Waals surface area contributed by atoms with Gasteiger partial charge in [0.25, 0.3) is 5.91 Å². The second-order valence-corrected chi connectivity index (χ2v) is 5.00.